The fourth-order valence-corrected chi connectivity index (χ4v) is 3.57. The largest absolute Gasteiger partial charge is 0.385 e. The predicted octanol–water partition coefficient (Wildman–Crippen LogP) is 2.41. The Morgan fingerprint density at radius 2 is 1.85 bits per heavy atom. The van der Waals surface area contributed by atoms with Crippen LogP contribution in [0.15, 0.2) is 29.2 Å². The van der Waals surface area contributed by atoms with E-state index in [9.17, 15) is 8.42 Å². The summed E-state index contributed by atoms with van der Waals surface area (Å²) >= 11 is 0. The zero-order valence-corrected chi connectivity index (χ0v) is 12.8. The highest BCUT2D eigenvalue weighted by atomic mass is 32.2. The Morgan fingerprint density at radius 3 is 2.45 bits per heavy atom. The van der Waals surface area contributed by atoms with Gasteiger partial charge >= 0.3 is 0 Å². The molecule has 1 aliphatic carbocycles. The summed E-state index contributed by atoms with van der Waals surface area (Å²) in [5, 5.41) is 3.37. The number of anilines is 1. The van der Waals surface area contributed by atoms with Gasteiger partial charge in [-0.2, -0.15) is 0 Å². The van der Waals surface area contributed by atoms with E-state index < -0.39 is 9.84 Å². The van der Waals surface area contributed by atoms with Gasteiger partial charge in [-0.05, 0) is 43.0 Å². The molecule has 0 bridgehead atoms. The highest BCUT2D eigenvalue weighted by Gasteiger charge is 2.21. The standard InChI is InChI=1S/C15H24N2O2S/c1-2-20(18,19)14-9-7-13(8-10-14)17-11-12-5-3-4-6-15(12)16/h7-10,12,15,17H,2-6,11,16H2,1H3. The lowest BCUT2D eigenvalue weighted by atomic mass is 9.85. The molecular formula is C15H24N2O2S. The zero-order chi connectivity index (χ0) is 14.6. The Kier molecular flexibility index (Phi) is 5.05. The Bertz CT molecular complexity index is 525. The number of rotatable bonds is 5. The van der Waals surface area contributed by atoms with Crippen molar-refractivity contribution in [1.29, 1.82) is 0 Å². The van der Waals surface area contributed by atoms with E-state index in [0.29, 0.717) is 10.8 Å². The predicted molar refractivity (Wildman–Crippen MR) is 82.6 cm³/mol. The number of nitrogens with two attached hydrogens (primary N) is 1. The number of benzene rings is 1. The van der Waals surface area contributed by atoms with Crippen LogP contribution in [0, 0.1) is 5.92 Å². The highest BCUT2D eigenvalue weighted by Crippen LogP contribution is 2.23. The summed E-state index contributed by atoms with van der Waals surface area (Å²) < 4.78 is 23.4. The maximum atomic E-state index is 11.7. The van der Waals surface area contributed by atoms with Crippen LogP contribution in [-0.4, -0.2) is 26.8 Å². The topological polar surface area (TPSA) is 72.2 Å². The molecule has 20 heavy (non-hydrogen) atoms. The maximum Gasteiger partial charge on any atom is 0.178 e. The average Bonchev–Trinajstić information content (AvgIpc) is 2.47. The van der Waals surface area contributed by atoms with Crippen molar-refractivity contribution in [3.8, 4) is 0 Å². The van der Waals surface area contributed by atoms with E-state index in [-0.39, 0.29) is 11.8 Å². The van der Waals surface area contributed by atoms with Gasteiger partial charge in [0, 0.05) is 18.3 Å². The first-order valence-corrected chi connectivity index (χ1v) is 9.00. The maximum absolute atomic E-state index is 11.7. The van der Waals surface area contributed by atoms with Gasteiger partial charge in [0.25, 0.3) is 0 Å². The van der Waals surface area contributed by atoms with Crippen molar-refractivity contribution in [2.45, 2.75) is 43.5 Å². The third-order valence-corrected chi connectivity index (χ3v) is 5.88. The molecule has 5 heteroatoms. The van der Waals surface area contributed by atoms with Crippen LogP contribution in [0.5, 0.6) is 0 Å². The van der Waals surface area contributed by atoms with Crippen LogP contribution in [-0.2, 0) is 9.84 Å². The third kappa shape index (κ3) is 3.73. The molecule has 1 fully saturated rings. The Balaban J connectivity index is 1.94. The number of sulfone groups is 1. The van der Waals surface area contributed by atoms with Gasteiger partial charge in [0.05, 0.1) is 10.6 Å². The van der Waals surface area contributed by atoms with E-state index in [1.54, 1.807) is 19.1 Å². The molecule has 1 aromatic rings. The van der Waals surface area contributed by atoms with Crippen molar-refractivity contribution >= 4 is 15.5 Å². The lowest BCUT2D eigenvalue weighted by Crippen LogP contribution is -2.37. The van der Waals surface area contributed by atoms with Crippen LogP contribution in [0.25, 0.3) is 0 Å². The van der Waals surface area contributed by atoms with E-state index in [2.05, 4.69) is 5.32 Å². The van der Waals surface area contributed by atoms with Gasteiger partial charge in [-0.1, -0.05) is 19.8 Å². The molecule has 2 unspecified atom stereocenters. The van der Waals surface area contributed by atoms with E-state index in [1.807, 2.05) is 12.1 Å². The van der Waals surface area contributed by atoms with Gasteiger partial charge in [0.1, 0.15) is 0 Å². The number of nitrogens with one attached hydrogen (secondary N) is 1. The Hall–Kier alpha value is -1.07. The summed E-state index contributed by atoms with van der Waals surface area (Å²) in [5.74, 6) is 0.652. The fraction of sp³-hybridized carbons (Fsp3) is 0.600. The molecule has 3 N–H and O–H groups in total. The molecule has 1 saturated carbocycles. The number of hydrogen-bond donors (Lipinski definition) is 2. The van der Waals surface area contributed by atoms with Crippen molar-refractivity contribution in [1.82, 2.24) is 0 Å². The minimum absolute atomic E-state index is 0.136. The molecule has 0 spiro atoms. The first-order chi connectivity index (χ1) is 9.53. The van der Waals surface area contributed by atoms with Crippen LogP contribution in [0.3, 0.4) is 0 Å². The minimum Gasteiger partial charge on any atom is -0.385 e. The Labute approximate surface area is 121 Å². The second-order valence-electron chi connectivity index (χ2n) is 5.52. The molecule has 0 aliphatic heterocycles. The summed E-state index contributed by atoms with van der Waals surface area (Å²) in [7, 11) is -3.11. The van der Waals surface area contributed by atoms with Crippen LogP contribution >= 0.6 is 0 Å². The van der Waals surface area contributed by atoms with Gasteiger partial charge in [-0.25, -0.2) is 8.42 Å². The smallest absolute Gasteiger partial charge is 0.178 e. The van der Waals surface area contributed by atoms with Crippen LogP contribution < -0.4 is 11.1 Å². The first-order valence-electron chi connectivity index (χ1n) is 7.35. The van der Waals surface area contributed by atoms with Gasteiger partial charge in [0.15, 0.2) is 9.84 Å². The minimum atomic E-state index is -3.11. The van der Waals surface area contributed by atoms with Crippen molar-refractivity contribution < 1.29 is 8.42 Å². The quantitative estimate of drug-likeness (QED) is 0.875. The molecule has 0 amide bonds. The Morgan fingerprint density at radius 1 is 1.20 bits per heavy atom. The molecule has 4 nitrogen and oxygen atoms in total. The van der Waals surface area contributed by atoms with Crippen molar-refractivity contribution in [3.63, 3.8) is 0 Å². The highest BCUT2D eigenvalue weighted by molar-refractivity contribution is 7.91. The summed E-state index contributed by atoms with van der Waals surface area (Å²) in [6.07, 6.45) is 4.78. The van der Waals surface area contributed by atoms with E-state index in [0.717, 1.165) is 18.7 Å². The van der Waals surface area contributed by atoms with Gasteiger partial charge < -0.3 is 11.1 Å². The number of hydrogen-bond acceptors (Lipinski definition) is 4. The summed E-state index contributed by atoms with van der Waals surface area (Å²) in [6, 6.07) is 7.29. The molecule has 0 saturated heterocycles. The molecule has 2 atom stereocenters. The zero-order valence-electron chi connectivity index (χ0n) is 12.0. The molecule has 1 aromatic carbocycles. The van der Waals surface area contributed by atoms with Gasteiger partial charge in [-0.3, -0.25) is 0 Å². The SMILES string of the molecule is CCS(=O)(=O)c1ccc(NCC2CCCCC2N)cc1. The molecule has 1 aliphatic rings. The third-order valence-electron chi connectivity index (χ3n) is 4.13. The van der Waals surface area contributed by atoms with Crippen molar-refractivity contribution in [3.05, 3.63) is 24.3 Å². The molecule has 112 valence electrons. The lowest BCUT2D eigenvalue weighted by molar-refractivity contribution is 0.321. The van der Waals surface area contributed by atoms with Crippen molar-refractivity contribution in [2.24, 2.45) is 11.7 Å². The molecular weight excluding hydrogens is 272 g/mol. The monoisotopic (exact) mass is 296 g/mol. The van der Waals surface area contributed by atoms with Crippen LogP contribution in [0.4, 0.5) is 5.69 Å². The van der Waals surface area contributed by atoms with Crippen LogP contribution in [0.1, 0.15) is 32.6 Å². The van der Waals surface area contributed by atoms with E-state index >= 15 is 0 Å². The van der Waals surface area contributed by atoms with E-state index in [4.69, 9.17) is 5.73 Å². The van der Waals surface area contributed by atoms with E-state index in [1.165, 1.54) is 19.3 Å². The fourth-order valence-electron chi connectivity index (χ4n) is 2.69. The molecule has 0 aromatic heterocycles. The summed E-state index contributed by atoms with van der Waals surface area (Å²) in [6.45, 7) is 2.52. The lowest BCUT2D eigenvalue weighted by Gasteiger charge is -2.29. The normalized spacial score (nSPS) is 23.5. The summed E-state index contributed by atoms with van der Waals surface area (Å²) in [5.41, 5.74) is 7.08. The summed E-state index contributed by atoms with van der Waals surface area (Å²) in [4.78, 5) is 0.389. The van der Waals surface area contributed by atoms with Gasteiger partial charge in [0.2, 0.25) is 0 Å². The second kappa shape index (κ2) is 6.59. The first kappa shape index (κ1) is 15.3. The molecule has 0 heterocycles. The van der Waals surface area contributed by atoms with Crippen molar-refractivity contribution in [2.75, 3.05) is 17.6 Å². The average molecular weight is 296 g/mol. The van der Waals surface area contributed by atoms with Gasteiger partial charge in [-0.15, -0.1) is 0 Å². The molecule has 0 radical (unpaired) electrons. The van der Waals surface area contributed by atoms with Crippen LogP contribution in [0.2, 0.25) is 0 Å². The molecule has 2 rings (SSSR count). The second-order valence-corrected chi connectivity index (χ2v) is 7.80.